The third kappa shape index (κ3) is 0.831. The average Bonchev–Trinajstić information content (AvgIpc) is 2.59. The van der Waals surface area contributed by atoms with Crippen molar-refractivity contribution in [2.24, 2.45) is 0 Å². The van der Waals surface area contributed by atoms with E-state index >= 15 is 0 Å². The highest BCUT2D eigenvalue weighted by Crippen LogP contribution is 2.43. The van der Waals surface area contributed by atoms with Crippen LogP contribution in [-0.2, 0) is 4.74 Å². The maximum atomic E-state index is 5.42. The number of rotatable bonds is 1. The predicted octanol–water partition coefficient (Wildman–Crippen LogP) is 1.96. The molecule has 0 bridgehead atoms. The number of hydrogen-bond donors (Lipinski definition) is 0. The molecule has 2 aliphatic rings. The Hall–Kier alpha value is -0.210. The molecule has 1 nitrogen and oxygen atoms in total. The lowest BCUT2D eigenvalue weighted by atomic mass is 10.0. The van der Waals surface area contributed by atoms with E-state index in [1.54, 1.807) is 11.8 Å². The van der Waals surface area contributed by atoms with Gasteiger partial charge in [0.1, 0.15) is 11.7 Å². The Kier molecular flexibility index (Phi) is 1.23. The molecule has 1 heterocycles. The van der Waals surface area contributed by atoms with Crippen LogP contribution < -0.4 is 0 Å². The van der Waals surface area contributed by atoms with Crippen molar-refractivity contribution in [3.05, 3.63) is 23.1 Å². The van der Waals surface area contributed by atoms with Gasteiger partial charge in [0.25, 0.3) is 0 Å². The molecule has 2 atom stereocenters. The van der Waals surface area contributed by atoms with Gasteiger partial charge in [-0.3, -0.25) is 0 Å². The minimum absolute atomic E-state index is 0.0548. The Morgan fingerprint density at radius 2 is 2.50 bits per heavy atom. The second kappa shape index (κ2) is 1.89. The van der Waals surface area contributed by atoms with Gasteiger partial charge in [-0.05, 0) is 31.4 Å². The smallest absolute Gasteiger partial charge is 0.114 e. The summed E-state index contributed by atoms with van der Waals surface area (Å²) in [7, 11) is 0. The van der Waals surface area contributed by atoms with E-state index in [1.807, 2.05) is 0 Å². The molecule has 54 valence electrons. The molecule has 2 unspecified atom stereocenters. The molecule has 1 aliphatic heterocycles. The lowest BCUT2D eigenvalue weighted by Crippen LogP contribution is -2.06. The van der Waals surface area contributed by atoms with Crippen molar-refractivity contribution in [2.45, 2.75) is 18.6 Å². The maximum absolute atomic E-state index is 5.42. The summed E-state index contributed by atoms with van der Waals surface area (Å²) < 4.78 is 5.42. The highest BCUT2D eigenvalue weighted by atomic mass is 32.2. The number of epoxide rings is 1. The molecule has 0 amide bonds. The molecule has 2 heteroatoms. The molecule has 10 heavy (non-hydrogen) atoms. The number of fused-ring (bicyclic) bond motifs is 1. The minimum Gasteiger partial charge on any atom is -0.357 e. The van der Waals surface area contributed by atoms with Crippen molar-refractivity contribution >= 4 is 11.8 Å². The van der Waals surface area contributed by atoms with Crippen molar-refractivity contribution in [3.63, 3.8) is 0 Å². The van der Waals surface area contributed by atoms with E-state index in [1.165, 1.54) is 4.91 Å². The molecule has 1 aliphatic carbocycles. The largest absolute Gasteiger partial charge is 0.357 e. The van der Waals surface area contributed by atoms with Crippen LogP contribution in [0.2, 0.25) is 0 Å². The van der Waals surface area contributed by atoms with E-state index in [-0.39, 0.29) is 5.60 Å². The van der Waals surface area contributed by atoms with Gasteiger partial charge in [-0.25, -0.2) is 0 Å². The minimum atomic E-state index is 0.0548. The van der Waals surface area contributed by atoms with Crippen molar-refractivity contribution in [2.75, 3.05) is 6.26 Å². The standard InChI is InChI=1S/C8H10OS/c1-8-4-3-6(10-2)5-7(8)9-8/h3-5,7H,1-2H3. The lowest BCUT2D eigenvalue weighted by molar-refractivity contribution is 0.357. The fourth-order valence-electron chi connectivity index (χ4n) is 1.16. The normalized spacial score (nSPS) is 42.6. The van der Waals surface area contributed by atoms with Crippen LogP contribution in [0.25, 0.3) is 0 Å². The summed E-state index contributed by atoms with van der Waals surface area (Å²) in [5.41, 5.74) is 0.0548. The monoisotopic (exact) mass is 154 g/mol. The van der Waals surface area contributed by atoms with Gasteiger partial charge < -0.3 is 4.74 Å². The van der Waals surface area contributed by atoms with Crippen molar-refractivity contribution in [3.8, 4) is 0 Å². The molecule has 1 saturated heterocycles. The fourth-order valence-corrected chi connectivity index (χ4v) is 1.63. The summed E-state index contributed by atoms with van der Waals surface area (Å²) in [5, 5.41) is 0. The molecule has 0 N–H and O–H groups in total. The van der Waals surface area contributed by atoms with Crippen LogP contribution in [0, 0.1) is 0 Å². The van der Waals surface area contributed by atoms with Gasteiger partial charge >= 0.3 is 0 Å². The Morgan fingerprint density at radius 3 is 3.10 bits per heavy atom. The van der Waals surface area contributed by atoms with Crippen LogP contribution in [0.3, 0.4) is 0 Å². The Morgan fingerprint density at radius 1 is 1.70 bits per heavy atom. The number of thioether (sulfide) groups is 1. The van der Waals surface area contributed by atoms with Crippen molar-refractivity contribution in [1.82, 2.24) is 0 Å². The summed E-state index contributed by atoms with van der Waals surface area (Å²) in [6.45, 7) is 2.11. The highest BCUT2D eigenvalue weighted by molar-refractivity contribution is 8.02. The SMILES string of the molecule is CSC1=CC2OC2(C)C=C1. The Labute approximate surface area is 65.1 Å². The zero-order valence-electron chi connectivity index (χ0n) is 6.13. The third-order valence-corrected chi connectivity index (χ3v) is 2.76. The van der Waals surface area contributed by atoms with Crippen LogP contribution in [0.5, 0.6) is 0 Å². The summed E-state index contributed by atoms with van der Waals surface area (Å²) in [6, 6.07) is 0. The van der Waals surface area contributed by atoms with Crippen LogP contribution in [-0.4, -0.2) is 18.0 Å². The molecule has 0 aromatic rings. The Balaban J connectivity index is 2.20. The van der Waals surface area contributed by atoms with Gasteiger partial charge in [0.15, 0.2) is 0 Å². The van der Waals surface area contributed by atoms with Crippen molar-refractivity contribution < 1.29 is 4.74 Å². The van der Waals surface area contributed by atoms with E-state index in [2.05, 4.69) is 31.4 Å². The molecule has 0 spiro atoms. The molecule has 0 aromatic carbocycles. The van der Waals surface area contributed by atoms with Gasteiger partial charge in [0.05, 0.1) is 0 Å². The van der Waals surface area contributed by atoms with Gasteiger partial charge in [0, 0.05) is 4.91 Å². The van der Waals surface area contributed by atoms with E-state index in [0.717, 1.165) is 0 Å². The van der Waals surface area contributed by atoms with Gasteiger partial charge in [-0.15, -0.1) is 11.8 Å². The third-order valence-electron chi connectivity index (χ3n) is 2.02. The summed E-state index contributed by atoms with van der Waals surface area (Å²) in [4.78, 5) is 1.32. The first-order valence-corrected chi connectivity index (χ1v) is 4.60. The number of allylic oxidation sites excluding steroid dienone is 1. The first-order chi connectivity index (χ1) is 4.74. The van der Waals surface area contributed by atoms with Crippen LogP contribution in [0.15, 0.2) is 23.1 Å². The second-order valence-electron chi connectivity index (χ2n) is 2.83. The Bertz CT molecular complexity index is 219. The molecule has 1 fully saturated rings. The predicted molar refractivity (Wildman–Crippen MR) is 44.0 cm³/mol. The quantitative estimate of drug-likeness (QED) is 0.535. The zero-order valence-corrected chi connectivity index (χ0v) is 6.94. The van der Waals surface area contributed by atoms with E-state index < -0.39 is 0 Å². The van der Waals surface area contributed by atoms with Crippen LogP contribution in [0.1, 0.15) is 6.92 Å². The molecule has 0 radical (unpaired) electrons. The lowest BCUT2D eigenvalue weighted by Gasteiger charge is -2.03. The number of ether oxygens (including phenoxy) is 1. The first kappa shape index (κ1) is 6.50. The van der Waals surface area contributed by atoms with Gasteiger partial charge in [0.2, 0.25) is 0 Å². The average molecular weight is 154 g/mol. The van der Waals surface area contributed by atoms with E-state index in [0.29, 0.717) is 6.10 Å². The number of hydrogen-bond acceptors (Lipinski definition) is 2. The second-order valence-corrected chi connectivity index (χ2v) is 3.71. The van der Waals surface area contributed by atoms with Crippen molar-refractivity contribution in [1.29, 1.82) is 0 Å². The summed E-state index contributed by atoms with van der Waals surface area (Å²) in [5.74, 6) is 0. The zero-order chi connectivity index (χ0) is 7.19. The maximum Gasteiger partial charge on any atom is 0.114 e. The highest BCUT2D eigenvalue weighted by Gasteiger charge is 2.50. The van der Waals surface area contributed by atoms with Crippen LogP contribution in [0.4, 0.5) is 0 Å². The van der Waals surface area contributed by atoms with Crippen LogP contribution >= 0.6 is 11.8 Å². The molecule has 0 aromatic heterocycles. The summed E-state index contributed by atoms with van der Waals surface area (Å²) in [6.07, 6.45) is 8.91. The fraction of sp³-hybridized carbons (Fsp3) is 0.500. The molecule has 0 saturated carbocycles. The first-order valence-electron chi connectivity index (χ1n) is 3.37. The molecular weight excluding hydrogens is 144 g/mol. The van der Waals surface area contributed by atoms with Gasteiger partial charge in [-0.2, -0.15) is 0 Å². The molecular formula is C8H10OS. The van der Waals surface area contributed by atoms with E-state index in [4.69, 9.17) is 4.74 Å². The van der Waals surface area contributed by atoms with Gasteiger partial charge in [-0.1, -0.05) is 0 Å². The summed E-state index contributed by atoms with van der Waals surface area (Å²) >= 11 is 1.77. The molecule has 2 rings (SSSR count). The topological polar surface area (TPSA) is 12.5 Å². The van der Waals surface area contributed by atoms with E-state index in [9.17, 15) is 0 Å².